The van der Waals surface area contributed by atoms with Crippen LogP contribution in [0.25, 0.3) is 11.4 Å². The maximum absolute atomic E-state index is 11.8. The Balaban J connectivity index is 2.39. The summed E-state index contributed by atoms with van der Waals surface area (Å²) < 4.78 is 5.03. The Labute approximate surface area is 110 Å². The van der Waals surface area contributed by atoms with E-state index < -0.39 is 0 Å². The summed E-state index contributed by atoms with van der Waals surface area (Å²) in [5.74, 6) is 0.158. The molecular formula is C14H16N2O3. The summed E-state index contributed by atoms with van der Waals surface area (Å²) in [6.45, 7) is 2.33. The number of aromatic nitrogens is 2. The summed E-state index contributed by atoms with van der Waals surface area (Å²) in [6, 6.07) is 7.45. The van der Waals surface area contributed by atoms with E-state index in [1.807, 2.05) is 24.3 Å². The molecule has 2 aromatic rings. The first-order chi connectivity index (χ1) is 9.15. The van der Waals surface area contributed by atoms with Crippen LogP contribution in [0.15, 0.2) is 29.1 Å². The summed E-state index contributed by atoms with van der Waals surface area (Å²) in [5, 5.41) is 9.72. The minimum Gasteiger partial charge on any atom is -0.493 e. The molecule has 0 saturated heterocycles. The molecular weight excluding hydrogens is 244 g/mol. The lowest BCUT2D eigenvalue weighted by Crippen LogP contribution is -2.14. The van der Waals surface area contributed by atoms with Crippen molar-refractivity contribution in [2.45, 2.75) is 20.0 Å². The lowest BCUT2D eigenvalue weighted by atomic mass is 10.1. The van der Waals surface area contributed by atoms with Gasteiger partial charge in [0.15, 0.2) is 0 Å². The SMILES string of the molecule is CCc1c(O)nc(-c2ccc(COC)cc2)[nH]c1=O. The molecule has 5 nitrogen and oxygen atoms in total. The summed E-state index contributed by atoms with van der Waals surface area (Å²) in [4.78, 5) is 18.5. The fourth-order valence-corrected chi connectivity index (χ4v) is 1.87. The van der Waals surface area contributed by atoms with Crippen molar-refractivity contribution in [1.82, 2.24) is 9.97 Å². The number of aromatic hydroxyl groups is 1. The van der Waals surface area contributed by atoms with Crippen LogP contribution in [0, 0.1) is 0 Å². The van der Waals surface area contributed by atoms with Gasteiger partial charge in [0.05, 0.1) is 12.2 Å². The van der Waals surface area contributed by atoms with E-state index in [1.165, 1.54) is 0 Å². The topological polar surface area (TPSA) is 75.2 Å². The van der Waals surface area contributed by atoms with Gasteiger partial charge in [0.25, 0.3) is 5.56 Å². The van der Waals surface area contributed by atoms with Crippen LogP contribution in [-0.4, -0.2) is 22.2 Å². The molecule has 1 aromatic carbocycles. The Morgan fingerprint density at radius 3 is 2.53 bits per heavy atom. The van der Waals surface area contributed by atoms with Gasteiger partial charge < -0.3 is 14.8 Å². The number of hydrogen-bond donors (Lipinski definition) is 2. The van der Waals surface area contributed by atoms with Crippen LogP contribution in [0.5, 0.6) is 5.88 Å². The van der Waals surface area contributed by atoms with Crippen LogP contribution in [0.1, 0.15) is 18.1 Å². The number of nitrogens with zero attached hydrogens (tertiary/aromatic N) is 1. The predicted molar refractivity (Wildman–Crippen MR) is 72.0 cm³/mol. The molecule has 100 valence electrons. The van der Waals surface area contributed by atoms with Crippen LogP contribution in [0.3, 0.4) is 0 Å². The van der Waals surface area contributed by atoms with Gasteiger partial charge in [-0.1, -0.05) is 31.2 Å². The zero-order valence-electron chi connectivity index (χ0n) is 10.9. The van der Waals surface area contributed by atoms with Gasteiger partial charge in [-0.05, 0) is 12.0 Å². The predicted octanol–water partition coefficient (Wildman–Crippen LogP) is 1.85. The van der Waals surface area contributed by atoms with Gasteiger partial charge >= 0.3 is 0 Å². The van der Waals surface area contributed by atoms with E-state index in [0.717, 1.165) is 11.1 Å². The van der Waals surface area contributed by atoms with Crippen molar-refractivity contribution in [1.29, 1.82) is 0 Å². The van der Waals surface area contributed by atoms with E-state index >= 15 is 0 Å². The molecule has 0 atom stereocenters. The first-order valence-corrected chi connectivity index (χ1v) is 6.06. The maximum Gasteiger partial charge on any atom is 0.258 e. The van der Waals surface area contributed by atoms with E-state index in [-0.39, 0.29) is 11.4 Å². The molecule has 0 amide bonds. The molecule has 1 aromatic heterocycles. The molecule has 0 aliphatic carbocycles. The smallest absolute Gasteiger partial charge is 0.258 e. The molecule has 5 heteroatoms. The van der Waals surface area contributed by atoms with E-state index in [2.05, 4.69) is 9.97 Å². The first kappa shape index (κ1) is 13.3. The van der Waals surface area contributed by atoms with E-state index in [1.54, 1.807) is 14.0 Å². The monoisotopic (exact) mass is 260 g/mol. The third-order valence-corrected chi connectivity index (χ3v) is 2.89. The first-order valence-electron chi connectivity index (χ1n) is 6.06. The fourth-order valence-electron chi connectivity index (χ4n) is 1.87. The summed E-state index contributed by atoms with van der Waals surface area (Å²) >= 11 is 0. The average molecular weight is 260 g/mol. The van der Waals surface area contributed by atoms with Gasteiger partial charge in [0.2, 0.25) is 5.88 Å². The largest absolute Gasteiger partial charge is 0.493 e. The number of H-pyrrole nitrogens is 1. The number of aromatic amines is 1. The van der Waals surface area contributed by atoms with Crippen molar-refractivity contribution in [3.8, 4) is 17.3 Å². The molecule has 19 heavy (non-hydrogen) atoms. The standard InChI is InChI=1S/C14H16N2O3/c1-3-11-13(17)15-12(16-14(11)18)10-6-4-9(5-7-10)8-19-2/h4-7H,3,8H2,1-2H3,(H2,15,16,17,18). The molecule has 0 saturated carbocycles. The molecule has 0 spiro atoms. The van der Waals surface area contributed by atoms with E-state index in [4.69, 9.17) is 4.74 Å². The third kappa shape index (κ3) is 2.82. The Kier molecular flexibility index (Phi) is 3.97. The summed E-state index contributed by atoms with van der Waals surface area (Å²) in [5.41, 5.74) is 1.78. The van der Waals surface area contributed by atoms with Crippen LogP contribution < -0.4 is 5.56 Å². The van der Waals surface area contributed by atoms with Gasteiger partial charge in [-0.3, -0.25) is 4.79 Å². The third-order valence-electron chi connectivity index (χ3n) is 2.89. The van der Waals surface area contributed by atoms with Crippen molar-refractivity contribution in [2.75, 3.05) is 7.11 Å². The maximum atomic E-state index is 11.8. The van der Waals surface area contributed by atoms with Crippen molar-refractivity contribution in [3.63, 3.8) is 0 Å². The van der Waals surface area contributed by atoms with E-state index in [0.29, 0.717) is 24.4 Å². The van der Waals surface area contributed by atoms with Crippen molar-refractivity contribution < 1.29 is 9.84 Å². The number of rotatable bonds is 4. The number of hydrogen-bond acceptors (Lipinski definition) is 4. The van der Waals surface area contributed by atoms with Crippen LogP contribution in [0.2, 0.25) is 0 Å². The molecule has 0 radical (unpaired) electrons. The molecule has 0 aliphatic heterocycles. The van der Waals surface area contributed by atoms with Crippen molar-refractivity contribution in [2.24, 2.45) is 0 Å². The second-order valence-electron chi connectivity index (χ2n) is 4.20. The van der Waals surface area contributed by atoms with Gasteiger partial charge in [-0.15, -0.1) is 0 Å². The zero-order chi connectivity index (χ0) is 13.8. The minimum absolute atomic E-state index is 0.206. The van der Waals surface area contributed by atoms with Crippen LogP contribution >= 0.6 is 0 Å². The van der Waals surface area contributed by atoms with E-state index in [9.17, 15) is 9.90 Å². The molecule has 0 bridgehead atoms. The second-order valence-corrected chi connectivity index (χ2v) is 4.20. The van der Waals surface area contributed by atoms with Crippen LogP contribution in [0.4, 0.5) is 0 Å². The highest BCUT2D eigenvalue weighted by molar-refractivity contribution is 5.56. The highest BCUT2D eigenvalue weighted by Gasteiger charge is 2.09. The number of ether oxygens (including phenoxy) is 1. The molecule has 1 heterocycles. The number of nitrogens with one attached hydrogen (secondary N) is 1. The Bertz CT molecular complexity index is 618. The fraction of sp³-hybridized carbons (Fsp3) is 0.286. The van der Waals surface area contributed by atoms with Gasteiger partial charge in [0, 0.05) is 12.7 Å². The summed E-state index contributed by atoms with van der Waals surface area (Å²) in [6.07, 6.45) is 0.446. The quantitative estimate of drug-likeness (QED) is 0.879. The molecule has 0 fully saturated rings. The Morgan fingerprint density at radius 1 is 1.32 bits per heavy atom. The Hall–Kier alpha value is -2.14. The number of benzene rings is 1. The normalized spacial score (nSPS) is 10.6. The highest BCUT2D eigenvalue weighted by Crippen LogP contribution is 2.18. The lowest BCUT2D eigenvalue weighted by molar-refractivity contribution is 0.185. The van der Waals surface area contributed by atoms with Gasteiger partial charge in [-0.25, -0.2) is 0 Å². The lowest BCUT2D eigenvalue weighted by Gasteiger charge is -2.05. The summed E-state index contributed by atoms with van der Waals surface area (Å²) in [7, 11) is 1.63. The van der Waals surface area contributed by atoms with Crippen molar-refractivity contribution >= 4 is 0 Å². The molecule has 0 unspecified atom stereocenters. The second kappa shape index (κ2) is 5.67. The van der Waals surface area contributed by atoms with Crippen LogP contribution in [-0.2, 0) is 17.8 Å². The van der Waals surface area contributed by atoms with Gasteiger partial charge in [-0.2, -0.15) is 4.98 Å². The zero-order valence-corrected chi connectivity index (χ0v) is 10.9. The average Bonchev–Trinajstić information content (AvgIpc) is 2.39. The van der Waals surface area contributed by atoms with Gasteiger partial charge in [0.1, 0.15) is 5.82 Å². The highest BCUT2D eigenvalue weighted by atomic mass is 16.5. The molecule has 0 aliphatic rings. The number of methoxy groups -OCH3 is 1. The minimum atomic E-state index is -0.300. The Morgan fingerprint density at radius 2 is 2.00 bits per heavy atom. The van der Waals surface area contributed by atoms with Crippen molar-refractivity contribution in [3.05, 3.63) is 45.7 Å². The molecule has 2 rings (SSSR count). The molecule has 2 N–H and O–H groups in total.